The van der Waals surface area contributed by atoms with E-state index < -0.39 is 0 Å². The van der Waals surface area contributed by atoms with E-state index in [0.29, 0.717) is 6.42 Å². The molecule has 0 aliphatic carbocycles. The summed E-state index contributed by atoms with van der Waals surface area (Å²) in [6, 6.07) is 17.7. The second kappa shape index (κ2) is 10.4. The molecule has 3 rings (SSSR count). The highest BCUT2D eigenvalue weighted by atomic mass is 16.5. The summed E-state index contributed by atoms with van der Waals surface area (Å²) in [7, 11) is 3.41. The van der Waals surface area contributed by atoms with Crippen molar-refractivity contribution in [1.29, 1.82) is 0 Å². The molecule has 1 unspecified atom stereocenters. The summed E-state index contributed by atoms with van der Waals surface area (Å²) in [5, 5.41) is 0. The molecular formula is C23H30N2O3. The smallest absolute Gasteiger partial charge is 0.164 e. The first-order chi connectivity index (χ1) is 13.7. The lowest BCUT2D eigenvalue weighted by molar-refractivity contribution is 0.0416. The number of carbonyl (C=O) groups excluding carboxylic acids is 1. The molecule has 2 aromatic carbocycles. The number of benzene rings is 2. The second-order valence-electron chi connectivity index (χ2n) is 7.18. The number of piperazine rings is 1. The molecule has 0 spiro atoms. The number of carbonyl (C=O) groups is 1. The Morgan fingerprint density at radius 2 is 1.57 bits per heavy atom. The van der Waals surface area contributed by atoms with Gasteiger partial charge in [0.05, 0.1) is 13.2 Å². The van der Waals surface area contributed by atoms with E-state index in [-0.39, 0.29) is 11.9 Å². The molecular weight excluding hydrogens is 352 g/mol. The van der Waals surface area contributed by atoms with Gasteiger partial charge >= 0.3 is 0 Å². The van der Waals surface area contributed by atoms with E-state index in [4.69, 9.17) is 9.47 Å². The fraction of sp³-hybridized carbons (Fsp3) is 0.435. The summed E-state index contributed by atoms with van der Waals surface area (Å²) in [5.41, 5.74) is 1.97. The van der Waals surface area contributed by atoms with Crippen LogP contribution in [-0.2, 0) is 4.74 Å². The molecule has 0 radical (unpaired) electrons. The van der Waals surface area contributed by atoms with E-state index in [1.54, 1.807) is 14.2 Å². The molecule has 150 valence electrons. The van der Waals surface area contributed by atoms with Crippen molar-refractivity contribution in [2.45, 2.75) is 12.5 Å². The van der Waals surface area contributed by atoms with Gasteiger partial charge < -0.3 is 14.4 Å². The highest BCUT2D eigenvalue weighted by molar-refractivity contribution is 5.96. The summed E-state index contributed by atoms with van der Waals surface area (Å²) in [5.74, 6) is 0.964. The van der Waals surface area contributed by atoms with Crippen LogP contribution >= 0.6 is 0 Å². The molecule has 2 aromatic rings. The zero-order valence-corrected chi connectivity index (χ0v) is 16.8. The Morgan fingerprint density at radius 1 is 0.929 bits per heavy atom. The van der Waals surface area contributed by atoms with Crippen molar-refractivity contribution in [2.75, 3.05) is 53.5 Å². The van der Waals surface area contributed by atoms with Gasteiger partial charge in [0.15, 0.2) is 5.78 Å². The first kappa shape index (κ1) is 20.5. The minimum absolute atomic E-state index is 0.101. The number of hydrogen-bond donors (Lipinski definition) is 0. The largest absolute Gasteiger partial charge is 0.497 e. The van der Waals surface area contributed by atoms with Gasteiger partial charge in [-0.3, -0.25) is 9.69 Å². The van der Waals surface area contributed by atoms with Crippen LogP contribution in [-0.4, -0.2) is 69.1 Å². The van der Waals surface area contributed by atoms with Gasteiger partial charge in [-0.1, -0.05) is 30.3 Å². The number of nitrogens with zero attached hydrogens (tertiary/aromatic N) is 2. The Bertz CT molecular complexity index is 725. The van der Waals surface area contributed by atoms with Gasteiger partial charge in [0.25, 0.3) is 0 Å². The van der Waals surface area contributed by atoms with E-state index in [1.807, 2.05) is 30.3 Å². The maximum Gasteiger partial charge on any atom is 0.164 e. The van der Waals surface area contributed by atoms with Crippen molar-refractivity contribution < 1.29 is 14.3 Å². The molecule has 5 heteroatoms. The maximum absolute atomic E-state index is 12.4. The molecule has 0 amide bonds. The van der Waals surface area contributed by atoms with Crippen LogP contribution in [0.2, 0.25) is 0 Å². The predicted octanol–water partition coefficient (Wildman–Crippen LogP) is 3.27. The zero-order chi connectivity index (χ0) is 19.8. The van der Waals surface area contributed by atoms with Gasteiger partial charge in [-0.2, -0.15) is 0 Å². The lowest BCUT2D eigenvalue weighted by atomic mass is 10.1. The Balaban J connectivity index is 1.41. The predicted molar refractivity (Wildman–Crippen MR) is 111 cm³/mol. The van der Waals surface area contributed by atoms with E-state index in [2.05, 4.69) is 34.1 Å². The topological polar surface area (TPSA) is 42.0 Å². The average Bonchev–Trinajstić information content (AvgIpc) is 2.77. The van der Waals surface area contributed by atoms with Crippen LogP contribution in [0.25, 0.3) is 0 Å². The van der Waals surface area contributed by atoms with Crippen LogP contribution < -0.4 is 4.74 Å². The third kappa shape index (κ3) is 5.64. The van der Waals surface area contributed by atoms with Crippen molar-refractivity contribution in [1.82, 2.24) is 9.80 Å². The van der Waals surface area contributed by atoms with Gasteiger partial charge in [0, 0.05) is 58.4 Å². The normalized spacial score (nSPS) is 16.6. The summed E-state index contributed by atoms with van der Waals surface area (Å²) in [6.07, 6.45) is 0.654. The van der Waals surface area contributed by atoms with E-state index in [0.717, 1.165) is 50.6 Å². The zero-order valence-electron chi connectivity index (χ0n) is 16.8. The van der Waals surface area contributed by atoms with E-state index in [9.17, 15) is 4.79 Å². The van der Waals surface area contributed by atoms with E-state index >= 15 is 0 Å². The third-order valence-corrected chi connectivity index (χ3v) is 5.41. The highest BCUT2D eigenvalue weighted by Gasteiger charge is 2.21. The first-order valence-electron chi connectivity index (χ1n) is 9.89. The highest BCUT2D eigenvalue weighted by Crippen LogP contribution is 2.19. The number of rotatable bonds is 9. The van der Waals surface area contributed by atoms with Crippen LogP contribution in [0.5, 0.6) is 5.75 Å². The van der Waals surface area contributed by atoms with E-state index in [1.165, 1.54) is 5.56 Å². The Hall–Kier alpha value is -2.21. The number of Topliss-reactive ketones (excluding diaryl/α,β-unsaturated/α-hetero) is 1. The van der Waals surface area contributed by atoms with Crippen LogP contribution in [0.15, 0.2) is 54.6 Å². The first-order valence-corrected chi connectivity index (χ1v) is 9.89. The quantitative estimate of drug-likeness (QED) is 0.623. The molecule has 1 atom stereocenters. The molecule has 1 saturated heterocycles. The molecule has 1 fully saturated rings. The Morgan fingerprint density at radius 3 is 2.18 bits per heavy atom. The van der Waals surface area contributed by atoms with Crippen molar-refractivity contribution >= 4 is 5.78 Å². The van der Waals surface area contributed by atoms with Crippen LogP contribution in [0.3, 0.4) is 0 Å². The van der Waals surface area contributed by atoms with Gasteiger partial charge in [-0.25, -0.2) is 0 Å². The number of ether oxygens (including phenoxy) is 2. The molecule has 0 aromatic heterocycles. The summed E-state index contributed by atoms with van der Waals surface area (Å²) in [6.45, 7) is 5.69. The monoisotopic (exact) mass is 382 g/mol. The summed E-state index contributed by atoms with van der Waals surface area (Å²) >= 11 is 0. The lowest BCUT2D eigenvalue weighted by Crippen LogP contribution is -2.48. The molecule has 1 heterocycles. The second-order valence-corrected chi connectivity index (χ2v) is 7.18. The molecule has 1 aliphatic heterocycles. The van der Waals surface area contributed by atoms with Crippen molar-refractivity contribution in [3.63, 3.8) is 0 Å². The fourth-order valence-electron chi connectivity index (χ4n) is 3.59. The molecule has 0 bridgehead atoms. The standard InChI is InChI=1S/C23H30N2O3/c1-27-21-10-8-19(9-11-21)22(26)12-13-24-14-16-25(17-15-24)18-23(28-2)20-6-4-3-5-7-20/h3-11,23H,12-18H2,1-2H3. The number of hydrogen-bond acceptors (Lipinski definition) is 5. The summed E-state index contributed by atoms with van der Waals surface area (Å²) in [4.78, 5) is 17.2. The summed E-state index contributed by atoms with van der Waals surface area (Å²) < 4.78 is 10.8. The van der Waals surface area contributed by atoms with Gasteiger partial charge in [-0.15, -0.1) is 0 Å². The van der Waals surface area contributed by atoms with Gasteiger partial charge in [0.2, 0.25) is 0 Å². The van der Waals surface area contributed by atoms with Crippen LogP contribution in [0.4, 0.5) is 0 Å². The minimum Gasteiger partial charge on any atom is -0.497 e. The van der Waals surface area contributed by atoms with Gasteiger partial charge in [-0.05, 0) is 29.8 Å². The number of methoxy groups -OCH3 is 2. The van der Waals surface area contributed by atoms with Gasteiger partial charge in [0.1, 0.15) is 5.75 Å². The Labute approximate surface area is 167 Å². The molecule has 0 saturated carbocycles. The van der Waals surface area contributed by atoms with Crippen LogP contribution in [0.1, 0.15) is 28.4 Å². The number of ketones is 1. The molecule has 28 heavy (non-hydrogen) atoms. The fourth-order valence-corrected chi connectivity index (χ4v) is 3.59. The van der Waals surface area contributed by atoms with Crippen molar-refractivity contribution in [3.05, 3.63) is 65.7 Å². The molecule has 0 N–H and O–H groups in total. The Kier molecular flexibility index (Phi) is 7.60. The lowest BCUT2D eigenvalue weighted by Gasteiger charge is -2.36. The third-order valence-electron chi connectivity index (χ3n) is 5.41. The minimum atomic E-state index is 0.101. The SMILES string of the molecule is COc1ccc(C(=O)CCN2CCN(CC(OC)c3ccccc3)CC2)cc1. The van der Waals surface area contributed by atoms with Crippen LogP contribution in [0, 0.1) is 0 Å². The van der Waals surface area contributed by atoms with Crippen molar-refractivity contribution in [2.24, 2.45) is 0 Å². The van der Waals surface area contributed by atoms with Crippen molar-refractivity contribution in [3.8, 4) is 5.75 Å². The molecule has 5 nitrogen and oxygen atoms in total. The average molecular weight is 383 g/mol. The maximum atomic E-state index is 12.4. The molecule has 1 aliphatic rings.